The Labute approximate surface area is 105 Å². The number of nitrogens with zero attached hydrogens (tertiary/aromatic N) is 1. The van der Waals surface area contributed by atoms with Crippen LogP contribution in [0.5, 0.6) is 5.75 Å². The quantitative estimate of drug-likeness (QED) is 0.673. The second-order valence-electron chi connectivity index (χ2n) is 3.62. The van der Waals surface area contributed by atoms with Gasteiger partial charge in [-0.15, -0.1) is 13.2 Å². The fourth-order valence-corrected chi connectivity index (χ4v) is 1.55. The average Bonchev–Trinajstić information content (AvgIpc) is 2.28. The van der Waals surface area contributed by atoms with Gasteiger partial charge in [-0.3, -0.25) is 0 Å². The molecule has 1 aromatic heterocycles. The van der Waals surface area contributed by atoms with Crippen LogP contribution in [0.4, 0.5) is 23.4 Å². The van der Waals surface area contributed by atoms with E-state index < -0.39 is 18.1 Å². The topological polar surface area (TPSA) is 48.1 Å². The van der Waals surface area contributed by atoms with Gasteiger partial charge in [0.1, 0.15) is 11.6 Å². The van der Waals surface area contributed by atoms with Gasteiger partial charge < -0.3 is 10.5 Å². The highest BCUT2D eigenvalue weighted by Crippen LogP contribution is 2.34. The van der Waals surface area contributed by atoms with Crippen LogP contribution in [-0.4, -0.2) is 11.3 Å². The summed E-state index contributed by atoms with van der Waals surface area (Å²) >= 11 is 0. The van der Waals surface area contributed by atoms with Gasteiger partial charge in [-0.1, -0.05) is 18.2 Å². The Balaban J connectivity index is 2.50. The Kier molecular flexibility index (Phi) is 3.28. The molecule has 1 heterocycles. The number of benzene rings is 1. The first-order valence-electron chi connectivity index (χ1n) is 5.14. The molecule has 0 radical (unpaired) electrons. The highest BCUT2D eigenvalue weighted by molar-refractivity contribution is 5.70. The lowest BCUT2D eigenvalue weighted by atomic mass is 10.1. The molecule has 2 N–H and O–H groups in total. The van der Waals surface area contributed by atoms with Crippen LogP contribution in [0.1, 0.15) is 0 Å². The van der Waals surface area contributed by atoms with E-state index in [1.54, 1.807) is 0 Å². The first kappa shape index (κ1) is 13.1. The van der Waals surface area contributed by atoms with E-state index in [9.17, 15) is 17.6 Å². The number of para-hydroxylation sites is 1. The second kappa shape index (κ2) is 4.75. The molecule has 7 heteroatoms. The third-order valence-corrected chi connectivity index (χ3v) is 2.27. The van der Waals surface area contributed by atoms with Gasteiger partial charge in [0.05, 0.1) is 0 Å². The molecule has 3 nitrogen and oxygen atoms in total. The average molecular weight is 272 g/mol. The summed E-state index contributed by atoms with van der Waals surface area (Å²) in [6.07, 6.45) is -4.85. The van der Waals surface area contributed by atoms with Crippen molar-refractivity contribution in [2.45, 2.75) is 6.36 Å². The highest BCUT2D eigenvalue weighted by atomic mass is 19.4. The smallest absolute Gasteiger partial charge is 0.405 e. The molecule has 0 aliphatic rings. The fourth-order valence-electron chi connectivity index (χ4n) is 1.55. The standard InChI is InChI=1S/C12H8F4N2O/c13-11-8(5-6-10(17)18-11)7-3-1-2-4-9(7)19-12(14,15)16/h1-6H,(H2,17,18). The van der Waals surface area contributed by atoms with Crippen molar-refractivity contribution < 1.29 is 22.3 Å². The zero-order valence-corrected chi connectivity index (χ0v) is 9.41. The Morgan fingerprint density at radius 3 is 2.32 bits per heavy atom. The van der Waals surface area contributed by atoms with E-state index in [-0.39, 0.29) is 16.9 Å². The summed E-state index contributed by atoms with van der Waals surface area (Å²) in [7, 11) is 0. The SMILES string of the molecule is Nc1ccc(-c2ccccc2OC(F)(F)F)c(F)n1. The number of ether oxygens (including phenoxy) is 1. The largest absolute Gasteiger partial charge is 0.573 e. The fraction of sp³-hybridized carbons (Fsp3) is 0.0833. The van der Waals surface area contributed by atoms with Crippen molar-refractivity contribution in [1.29, 1.82) is 0 Å². The van der Waals surface area contributed by atoms with Crippen LogP contribution in [-0.2, 0) is 0 Å². The lowest BCUT2D eigenvalue weighted by Crippen LogP contribution is -2.17. The van der Waals surface area contributed by atoms with Crippen LogP contribution < -0.4 is 10.5 Å². The van der Waals surface area contributed by atoms with Crippen LogP contribution in [0.3, 0.4) is 0 Å². The molecule has 0 aliphatic heterocycles. The van der Waals surface area contributed by atoms with Crippen LogP contribution in [0.25, 0.3) is 11.1 Å². The molecule has 2 rings (SSSR count). The van der Waals surface area contributed by atoms with Gasteiger partial charge in [0.2, 0.25) is 5.95 Å². The van der Waals surface area contributed by atoms with Crippen molar-refractivity contribution in [2.75, 3.05) is 5.73 Å². The molecule has 1 aromatic carbocycles. The molecule has 0 unspecified atom stereocenters. The van der Waals surface area contributed by atoms with Gasteiger partial charge in [-0.05, 0) is 18.2 Å². The van der Waals surface area contributed by atoms with Crippen molar-refractivity contribution in [2.24, 2.45) is 0 Å². The molecule has 0 fully saturated rings. The van der Waals surface area contributed by atoms with Gasteiger partial charge in [0.25, 0.3) is 0 Å². The number of hydrogen-bond acceptors (Lipinski definition) is 3. The number of aromatic nitrogens is 1. The minimum absolute atomic E-state index is 0.0511. The molecule has 0 amide bonds. The summed E-state index contributed by atoms with van der Waals surface area (Å²) in [6.45, 7) is 0. The van der Waals surface area contributed by atoms with Crippen LogP contribution >= 0.6 is 0 Å². The lowest BCUT2D eigenvalue weighted by molar-refractivity contribution is -0.274. The molecule has 100 valence electrons. The minimum Gasteiger partial charge on any atom is -0.405 e. The van der Waals surface area contributed by atoms with Crippen molar-refractivity contribution in [3.05, 3.63) is 42.3 Å². The summed E-state index contributed by atoms with van der Waals surface area (Å²) in [5.41, 5.74) is 5.12. The zero-order chi connectivity index (χ0) is 14.0. The predicted octanol–water partition coefficient (Wildman–Crippen LogP) is 3.37. The number of nitrogens with two attached hydrogens (primary N) is 1. The lowest BCUT2D eigenvalue weighted by Gasteiger charge is -2.13. The minimum atomic E-state index is -4.85. The Morgan fingerprint density at radius 2 is 1.68 bits per heavy atom. The van der Waals surface area contributed by atoms with E-state index in [0.717, 1.165) is 6.07 Å². The number of halogens is 4. The van der Waals surface area contributed by atoms with E-state index in [0.29, 0.717) is 0 Å². The van der Waals surface area contributed by atoms with E-state index in [1.807, 2.05) is 0 Å². The van der Waals surface area contributed by atoms with Gasteiger partial charge in [-0.2, -0.15) is 4.39 Å². The molecule has 0 bridgehead atoms. The maximum atomic E-state index is 13.6. The molecule has 0 saturated heterocycles. The van der Waals surface area contributed by atoms with Gasteiger partial charge >= 0.3 is 6.36 Å². The van der Waals surface area contributed by atoms with E-state index in [2.05, 4.69) is 9.72 Å². The Bertz CT molecular complexity index is 599. The number of pyridine rings is 1. The number of alkyl halides is 3. The maximum Gasteiger partial charge on any atom is 0.573 e. The Morgan fingerprint density at radius 1 is 1.00 bits per heavy atom. The van der Waals surface area contributed by atoms with Crippen LogP contribution in [0.2, 0.25) is 0 Å². The Hall–Kier alpha value is -2.31. The predicted molar refractivity (Wildman–Crippen MR) is 60.7 cm³/mol. The first-order chi connectivity index (χ1) is 8.87. The normalized spacial score (nSPS) is 11.4. The van der Waals surface area contributed by atoms with Gasteiger partial charge in [-0.25, -0.2) is 4.98 Å². The number of anilines is 1. The van der Waals surface area contributed by atoms with Crippen LogP contribution in [0, 0.1) is 5.95 Å². The summed E-state index contributed by atoms with van der Waals surface area (Å²) in [5.74, 6) is -1.52. The molecule has 0 saturated carbocycles. The van der Waals surface area contributed by atoms with E-state index >= 15 is 0 Å². The van der Waals surface area contributed by atoms with E-state index in [1.165, 1.54) is 30.3 Å². The molecule has 0 aliphatic carbocycles. The number of rotatable bonds is 2. The summed E-state index contributed by atoms with van der Waals surface area (Å²) in [4.78, 5) is 3.36. The number of nitrogen functional groups attached to an aromatic ring is 1. The van der Waals surface area contributed by atoms with Gasteiger partial charge in [0.15, 0.2) is 0 Å². The third kappa shape index (κ3) is 3.12. The van der Waals surface area contributed by atoms with Crippen molar-refractivity contribution in [3.8, 4) is 16.9 Å². The monoisotopic (exact) mass is 272 g/mol. The molecule has 19 heavy (non-hydrogen) atoms. The summed E-state index contributed by atoms with van der Waals surface area (Å²) in [5, 5.41) is 0. The first-order valence-corrected chi connectivity index (χ1v) is 5.14. The van der Waals surface area contributed by atoms with Crippen molar-refractivity contribution >= 4 is 5.82 Å². The molecule has 0 spiro atoms. The third-order valence-electron chi connectivity index (χ3n) is 2.27. The molecular weight excluding hydrogens is 264 g/mol. The van der Waals surface area contributed by atoms with Crippen LogP contribution in [0.15, 0.2) is 36.4 Å². The van der Waals surface area contributed by atoms with Crippen molar-refractivity contribution in [1.82, 2.24) is 4.98 Å². The highest BCUT2D eigenvalue weighted by Gasteiger charge is 2.32. The molecular formula is C12H8F4N2O. The zero-order valence-electron chi connectivity index (χ0n) is 9.41. The van der Waals surface area contributed by atoms with E-state index in [4.69, 9.17) is 5.73 Å². The van der Waals surface area contributed by atoms with Crippen molar-refractivity contribution in [3.63, 3.8) is 0 Å². The van der Waals surface area contributed by atoms with Gasteiger partial charge in [0, 0.05) is 11.1 Å². The number of hydrogen-bond donors (Lipinski definition) is 1. The molecule has 2 aromatic rings. The summed E-state index contributed by atoms with van der Waals surface area (Å²) < 4.78 is 54.2. The second-order valence-corrected chi connectivity index (χ2v) is 3.62. The summed E-state index contributed by atoms with van der Waals surface area (Å²) in [6, 6.07) is 7.76. The maximum absolute atomic E-state index is 13.6. The molecule has 0 atom stereocenters.